The Kier molecular flexibility index (Phi) is 5.09. The van der Waals surface area contributed by atoms with Gasteiger partial charge in [-0.2, -0.15) is 0 Å². The van der Waals surface area contributed by atoms with Gasteiger partial charge >= 0.3 is 0 Å². The first kappa shape index (κ1) is 19.8. The van der Waals surface area contributed by atoms with Gasteiger partial charge in [-0.3, -0.25) is 10.1 Å². The molecule has 152 valence electrons. The molecule has 0 fully saturated rings. The zero-order chi connectivity index (χ0) is 21.3. The molecule has 0 amide bonds. The van der Waals surface area contributed by atoms with Gasteiger partial charge in [0.25, 0.3) is 5.69 Å². The Labute approximate surface area is 177 Å². The summed E-state index contributed by atoms with van der Waals surface area (Å²) < 4.78 is 6.91. The second-order valence-corrected chi connectivity index (χ2v) is 8.79. The van der Waals surface area contributed by atoms with Gasteiger partial charge in [-0.15, -0.1) is 0 Å². The monoisotopic (exact) mass is 420 g/mol. The molecule has 2 aromatic carbocycles. The minimum atomic E-state index is -0.411. The number of benzene rings is 2. The lowest BCUT2D eigenvalue weighted by Gasteiger charge is -2.22. The number of pyridine rings is 1. The number of hydrogen-bond acceptors (Lipinski definition) is 7. The summed E-state index contributed by atoms with van der Waals surface area (Å²) in [6.07, 6.45) is 1.67. The molecule has 7 nitrogen and oxygen atoms in total. The minimum Gasteiger partial charge on any atom is -0.437 e. The lowest BCUT2D eigenvalue weighted by Crippen LogP contribution is -2.12. The van der Waals surface area contributed by atoms with Crippen LogP contribution in [0.4, 0.5) is 16.5 Å². The maximum Gasteiger partial charge on any atom is 0.270 e. The van der Waals surface area contributed by atoms with E-state index in [1.165, 1.54) is 23.5 Å². The van der Waals surface area contributed by atoms with Gasteiger partial charge in [0.1, 0.15) is 11.4 Å². The van der Waals surface area contributed by atoms with Gasteiger partial charge in [-0.1, -0.05) is 50.3 Å². The van der Waals surface area contributed by atoms with Crippen LogP contribution in [0.2, 0.25) is 0 Å². The summed E-state index contributed by atoms with van der Waals surface area (Å²) in [5.74, 6) is 1.17. The fraction of sp³-hybridized carbons (Fsp3) is 0.182. The van der Waals surface area contributed by atoms with Crippen LogP contribution in [0.3, 0.4) is 0 Å². The van der Waals surface area contributed by atoms with Gasteiger partial charge in [0.2, 0.25) is 5.88 Å². The van der Waals surface area contributed by atoms with E-state index in [0.717, 1.165) is 16.0 Å². The van der Waals surface area contributed by atoms with Crippen LogP contribution in [0.15, 0.2) is 60.8 Å². The van der Waals surface area contributed by atoms with E-state index in [1.54, 1.807) is 12.3 Å². The highest BCUT2D eigenvalue weighted by Gasteiger charge is 2.20. The maximum atomic E-state index is 11.0. The van der Waals surface area contributed by atoms with Crippen molar-refractivity contribution in [3.8, 4) is 11.6 Å². The zero-order valence-electron chi connectivity index (χ0n) is 16.7. The number of aromatic nitrogens is 2. The summed E-state index contributed by atoms with van der Waals surface area (Å²) in [6.45, 7) is 6.40. The molecule has 0 spiro atoms. The Balaban J connectivity index is 1.65. The third-order valence-corrected chi connectivity index (χ3v) is 5.43. The highest BCUT2D eigenvalue weighted by molar-refractivity contribution is 7.22. The van der Waals surface area contributed by atoms with Gasteiger partial charge in [0, 0.05) is 23.9 Å². The summed E-state index contributed by atoms with van der Waals surface area (Å²) in [5.41, 5.74) is 2.39. The fourth-order valence-electron chi connectivity index (χ4n) is 3.04. The molecule has 0 radical (unpaired) electrons. The Morgan fingerprint density at radius 2 is 1.90 bits per heavy atom. The molecule has 4 aromatic rings. The van der Waals surface area contributed by atoms with Crippen molar-refractivity contribution in [3.63, 3.8) is 0 Å². The number of nitro benzene ring substituents is 1. The number of non-ortho nitro benzene ring substituents is 1. The van der Waals surface area contributed by atoms with E-state index < -0.39 is 4.92 Å². The van der Waals surface area contributed by atoms with Crippen molar-refractivity contribution in [3.05, 3.63) is 76.5 Å². The van der Waals surface area contributed by atoms with Crippen molar-refractivity contribution in [2.75, 3.05) is 5.32 Å². The number of thiazole rings is 1. The number of para-hydroxylation sites is 1. The highest BCUT2D eigenvalue weighted by atomic mass is 32.1. The van der Waals surface area contributed by atoms with Gasteiger partial charge < -0.3 is 10.1 Å². The average Bonchev–Trinajstić information content (AvgIpc) is 3.10. The van der Waals surface area contributed by atoms with Crippen molar-refractivity contribution in [1.29, 1.82) is 0 Å². The van der Waals surface area contributed by atoms with Crippen molar-refractivity contribution in [1.82, 2.24) is 9.97 Å². The van der Waals surface area contributed by atoms with Crippen LogP contribution >= 0.6 is 11.3 Å². The number of fused-ring (bicyclic) bond motifs is 1. The summed E-state index contributed by atoms with van der Waals surface area (Å²) in [7, 11) is 0. The van der Waals surface area contributed by atoms with Gasteiger partial charge in [-0.25, -0.2) is 9.97 Å². The molecular weight excluding hydrogens is 400 g/mol. The SMILES string of the molecule is CC(C)(C)c1ccccc1Oc1ncccc1Nc1nc2ccc([N+](=O)[O-])cc2s1. The molecule has 30 heavy (non-hydrogen) atoms. The Morgan fingerprint density at radius 3 is 2.67 bits per heavy atom. The van der Waals surface area contributed by atoms with Crippen LogP contribution in [0, 0.1) is 10.1 Å². The van der Waals surface area contributed by atoms with E-state index in [-0.39, 0.29) is 11.1 Å². The van der Waals surface area contributed by atoms with Crippen LogP contribution in [-0.4, -0.2) is 14.9 Å². The third kappa shape index (κ3) is 4.08. The standard InChI is InChI=1S/C22H20N4O3S/c1-22(2,3)15-7-4-5-9-18(15)29-20-17(8-6-12-23-20)25-21-24-16-11-10-14(26(27)28)13-19(16)30-21/h4-13H,1-3H3,(H,24,25). The molecule has 0 aliphatic heterocycles. The second-order valence-electron chi connectivity index (χ2n) is 7.76. The Morgan fingerprint density at radius 1 is 1.10 bits per heavy atom. The molecule has 0 bridgehead atoms. The number of hydrogen-bond donors (Lipinski definition) is 1. The predicted octanol–water partition coefficient (Wildman–Crippen LogP) is 6.43. The van der Waals surface area contributed by atoms with Gasteiger partial charge in [0.05, 0.1) is 15.1 Å². The summed E-state index contributed by atoms with van der Waals surface area (Å²) >= 11 is 1.34. The fourth-order valence-corrected chi connectivity index (χ4v) is 3.95. The normalized spacial score (nSPS) is 11.4. The number of nitrogens with one attached hydrogen (secondary N) is 1. The number of nitrogens with zero attached hydrogens (tertiary/aromatic N) is 3. The lowest BCUT2D eigenvalue weighted by molar-refractivity contribution is -0.384. The first-order chi connectivity index (χ1) is 14.3. The van der Waals surface area contributed by atoms with E-state index in [9.17, 15) is 10.1 Å². The third-order valence-electron chi connectivity index (χ3n) is 4.50. The maximum absolute atomic E-state index is 11.0. The highest BCUT2D eigenvalue weighted by Crippen LogP contribution is 2.37. The lowest BCUT2D eigenvalue weighted by atomic mass is 9.86. The second kappa shape index (κ2) is 7.72. The number of ether oxygens (including phenoxy) is 1. The molecule has 2 heterocycles. The van der Waals surface area contributed by atoms with Gasteiger partial charge in [-0.05, 0) is 29.7 Å². The number of anilines is 2. The molecular formula is C22H20N4O3S. The van der Waals surface area contributed by atoms with E-state index in [2.05, 4.69) is 36.1 Å². The van der Waals surface area contributed by atoms with E-state index in [0.29, 0.717) is 22.2 Å². The molecule has 8 heteroatoms. The number of nitro groups is 1. The van der Waals surface area contributed by atoms with Crippen LogP contribution in [0.1, 0.15) is 26.3 Å². The van der Waals surface area contributed by atoms with Crippen LogP contribution in [0.5, 0.6) is 11.6 Å². The first-order valence-electron chi connectivity index (χ1n) is 9.35. The Hall–Kier alpha value is -3.52. The molecule has 0 atom stereocenters. The van der Waals surface area contributed by atoms with Crippen molar-refractivity contribution < 1.29 is 9.66 Å². The van der Waals surface area contributed by atoms with E-state index >= 15 is 0 Å². The molecule has 0 aliphatic rings. The summed E-state index contributed by atoms with van der Waals surface area (Å²) in [5, 5.41) is 14.9. The zero-order valence-corrected chi connectivity index (χ0v) is 17.6. The van der Waals surface area contributed by atoms with Crippen molar-refractivity contribution >= 4 is 38.1 Å². The largest absolute Gasteiger partial charge is 0.437 e. The molecule has 4 rings (SSSR count). The molecule has 0 aliphatic carbocycles. The van der Waals surface area contributed by atoms with Crippen molar-refractivity contribution in [2.24, 2.45) is 0 Å². The Bertz CT molecular complexity index is 1230. The summed E-state index contributed by atoms with van der Waals surface area (Å²) in [4.78, 5) is 19.5. The molecule has 2 aromatic heterocycles. The van der Waals surface area contributed by atoms with E-state index in [1.807, 2.05) is 36.4 Å². The first-order valence-corrected chi connectivity index (χ1v) is 10.2. The molecule has 0 saturated heterocycles. The predicted molar refractivity (Wildman–Crippen MR) is 119 cm³/mol. The smallest absolute Gasteiger partial charge is 0.270 e. The quantitative estimate of drug-likeness (QED) is 0.295. The van der Waals surface area contributed by atoms with Crippen molar-refractivity contribution in [2.45, 2.75) is 26.2 Å². The number of rotatable bonds is 5. The summed E-state index contributed by atoms with van der Waals surface area (Å²) in [6, 6.07) is 16.2. The van der Waals surface area contributed by atoms with Crippen LogP contribution in [-0.2, 0) is 5.41 Å². The average molecular weight is 420 g/mol. The van der Waals surface area contributed by atoms with Crippen LogP contribution in [0.25, 0.3) is 10.2 Å². The molecule has 1 N–H and O–H groups in total. The van der Waals surface area contributed by atoms with Crippen LogP contribution < -0.4 is 10.1 Å². The van der Waals surface area contributed by atoms with E-state index in [4.69, 9.17) is 4.74 Å². The topological polar surface area (TPSA) is 90.2 Å². The molecule has 0 unspecified atom stereocenters. The minimum absolute atomic E-state index is 0.0434. The molecule has 0 saturated carbocycles. The van der Waals surface area contributed by atoms with Gasteiger partial charge in [0.15, 0.2) is 5.13 Å².